The average molecular weight is 467 g/mol. The van der Waals surface area contributed by atoms with Gasteiger partial charge in [0.25, 0.3) is 0 Å². The van der Waals surface area contributed by atoms with Crippen LogP contribution in [0.25, 0.3) is 6.08 Å². The molecule has 1 aliphatic heterocycles. The SMILES string of the molecule is CCOc1cc(C=C2N=C(c3cccc(F)c3)OC2=O)ccc1OS(=O)(=O)c1ccccc1. The second-order valence-electron chi connectivity index (χ2n) is 6.84. The number of carbonyl (C=O) groups is 1. The normalized spacial score (nSPS) is 14.7. The molecule has 0 bridgehead atoms. The van der Waals surface area contributed by atoms with Crippen molar-refractivity contribution in [2.75, 3.05) is 6.61 Å². The van der Waals surface area contributed by atoms with E-state index in [1.807, 2.05) is 0 Å². The molecule has 1 heterocycles. The molecule has 0 aromatic heterocycles. The maximum atomic E-state index is 13.5. The van der Waals surface area contributed by atoms with Crippen LogP contribution < -0.4 is 8.92 Å². The number of ether oxygens (including phenoxy) is 2. The van der Waals surface area contributed by atoms with E-state index in [1.54, 1.807) is 37.3 Å². The molecular weight excluding hydrogens is 449 g/mol. The summed E-state index contributed by atoms with van der Waals surface area (Å²) in [6, 6.07) is 17.8. The van der Waals surface area contributed by atoms with E-state index in [2.05, 4.69) is 4.99 Å². The minimum atomic E-state index is -4.06. The van der Waals surface area contributed by atoms with E-state index >= 15 is 0 Å². The zero-order valence-corrected chi connectivity index (χ0v) is 18.2. The minimum absolute atomic E-state index is 0.000743. The molecule has 4 rings (SSSR count). The first-order valence-electron chi connectivity index (χ1n) is 9.90. The number of carbonyl (C=O) groups excluding carboxylic acids is 1. The van der Waals surface area contributed by atoms with Gasteiger partial charge in [0, 0.05) is 5.56 Å². The molecule has 7 nitrogen and oxygen atoms in total. The Labute approximate surface area is 189 Å². The van der Waals surface area contributed by atoms with Crippen LogP contribution in [0.3, 0.4) is 0 Å². The van der Waals surface area contributed by atoms with Crippen LogP contribution in [0.1, 0.15) is 18.1 Å². The first kappa shape index (κ1) is 22.2. The van der Waals surface area contributed by atoms with Crippen molar-refractivity contribution in [1.82, 2.24) is 0 Å². The molecule has 33 heavy (non-hydrogen) atoms. The number of benzene rings is 3. The van der Waals surface area contributed by atoms with Gasteiger partial charge in [-0.15, -0.1) is 0 Å². The highest BCUT2D eigenvalue weighted by Gasteiger charge is 2.25. The quantitative estimate of drug-likeness (QED) is 0.292. The monoisotopic (exact) mass is 467 g/mol. The van der Waals surface area contributed by atoms with E-state index < -0.39 is 21.9 Å². The summed E-state index contributed by atoms with van der Waals surface area (Å²) in [6.07, 6.45) is 1.45. The number of hydrogen-bond acceptors (Lipinski definition) is 7. The van der Waals surface area contributed by atoms with Gasteiger partial charge in [0.1, 0.15) is 10.7 Å². The highest BCUT2D eigenvalue weighted by molar-refractivity contribution is 7.87. The number of rotatable bonds is 7. The standard InChI is InChI=1S/C24H18FNO6S/c1-2-30-22-14-16(11-12-21(22)32-33(28,29)19-9-4-3-5-10-19)13-20-24(27)31-23(26-20)17-7-6-8-18(25)15-17/h3-15H,2H2,1H3. The molecule has 0 unspecified atom stereocenters. The fraction of sp³-hybridized carbons (Fsp3) is 0.0833. The molecule has 0 saturated heterocycles. The van der Waals surface area contributed by atoms with Gasteiger partial charge in [0.05, 0.1) is 6.61 Å². The lowest BCUT2D eigenvalue weighted by atomic mass is 10.1. The molecule has 168 valence electrons. The summed E-state index contributed by atoms with van der Waals surface area (Å²) in [6.45, 7) is 2.00. The van der Waals surface area contributed by atoms with Gasteiger partial charge in [0.2, 0.25) is 5.90 Å². The van der Waals surface area contributed by atoms with Crippen LogP contribution in [0.15, 0.2) is 88.4 Å². The van der Waals surface area contributed by atoms with Crippen molar-refractivity contribution >= 4 is 28.1 Å². The van der Waals surface area contributed by atoms with Crippen LogP contribution >= 0.6 is 0 Å². The summed E-state index contributed by atoms with van der Waals surface area (Å²) in [4.78, 5) is 16.4. The van der Waals surface area contributed by atoms with Crippen LogP contribution in [-0.4, -0.2) is 26.9 Å². The van der Waals surface area contributed by atoms with Gasteiger partial charge in [0.15, 0.2) is 17.2 Å². The number of esters is 1. The molecule has 9 heteroatoms. The molecule has 0 radical (unpaired) electrons. The molecule has 0 spiro atoms. The summed E-state index contributed by atoms with van der Waals surface area (Å²) >= 11 is 0. The lowest BCUT2D eigenvalue weighted by molar-refractivity contribution is -0.129. The predicted molar refractivity (Wildman–Crippen MR) is 119 cm³/mol. The van der Waals surface area contributed by atoms with Gasteiger partial charge in [-0.25, -0.2) is 14.2 Å². The van der Waals surface area contributed by atoms with Gasteiger partial charge in [-0.2, -0.15) is 8.42 Å². The highest BCUT2D eigenvalue weighted by Crippen LogP contribution is 2.32. The summed E-state index contributed by atoms with van der Waals surface area (Å²) in [5.74, 6) is -1.01. The Morgan fingerprint density at radius 2 is 1.79 bits per heavy atom. The number of nitrogens with zero attached hydrogens (tertiary/aromatic N) is 1. The van der Waals surface area contributed by atoms with Gasteiger partial charge in [-0.3, -0.25) is 0 Å². The van der Waals surface area contributed by atoms with E-state index in [1.165, 1.54) is 48.5 Å². The lowest BCUT2D eigenvalue weighted by Crippen LogP contribution is -2.10. The van der Waals surface area contributed by atoms with Crippen molar-refractivity contribution in [2.24, 2.45) is 4.99 Å². The first-order valence-corrected chi connectivity index (χ1v) is 11.3. The average Bonchev–Trinajstić information content (AvgIpc) is 3.16. The maximum absolute atomic E-state index is 13.5. The Morgan fingerprint density at radius 1 is 1.00 bits per heavy atom. The molecular formula is C24H18FNO6S. The Kier molecular flexibility index (Phi) is 6.23. The van der Waals surface area contributed by atoms with E-state index in [-0.39, 0.29) is 34.6 Å². The zero-order valence-electron chi connectivity index (χ0n) is 17.4. The second kappa shape index (κ2) is 9.25. The molecule has 0 N–H and O–H groups in total. The Balaban J connectivity index is 1.64. The van der Waals surface area contributed by atoms with Crippen molar-refractivity contribution in [2.45, 2.75) is 11.8 Å². The Hall–Kier alpha value is -3.98. The van der Waals surface area contributed by atoms with Crippen LogP contribution in [0, 0.1) is 5.82 Å². The van der Waals surface area contributed by atoms with Gasteiger partial charge < -0.3 is 13.7 Å². The number of halogens is 1. The number of hydrogen-bond donors (Lipinski definition) is 0. The van der Waals surface area contributed by atoms with Crippen molar-refractivity contribution in [3.63, 3.8) is 0 Å². The molecule has 0 aliphatic carbocycles. The number of cyclic esters (lactones) is 1. The zero-order chi connectivity index (χ0) is 23.4. The van der Waals surface area contributed by atoms with Gasteiger partial charge in [-0.05, 0) is 61.0 Å². The van der Waals surface area contributed by atoms with Gasteiger partial charge >= 0.3 is 16.1 Å². The molecule has 0 saturated carbocycles. The van der Waals surface area contributed by atoms with Crippen molar-refractivity contribution < 1.29 is 31.3 Å². The lowest BCUT2D eigenvalue weighted by Gasteiger charge is -2.12. The predicted octanol–water partition coefficient (Wildman–Crippen LogP) is 4.34. The minimum Gasteiger partial charge on any atom is -0.490 e. The van der Waals surface area contributed by atoms with Crippen LogP contribution in [0.4, 0.5) is 4.39 Å². The van der Waals surface area contributed by atoms with E-state index in [0.717, 1.165) is 0 Å². The molecule has 0 atom stereocenters. The van der Waals surface area contributed by atoms with Crippen molar-refractivity contribution in [1.29, 1.82) is 0 Å². The van der Waals surface area contributed by atoms with Crippen LogP contribution in [0.2, 0.25) is 0 Å². The number of aliphatic imine (C=N–C) groups is 1. The Bertz CT molecular complexity index is 1370. The van der Waals surface area contributed by atoms with E-state index in [0.29, 0.717) is 11.1 Å². The third-order valence-electron chi connectivity index (χ3n) is 4.49. The van der Waals surface area contributed by atoms with Gasteiger partial charge in [-0.1, -0.05) is 30.3 Å². The van der Waals surface area contributed by atoms with E-state index in [4.69, 9.17) is 13.7 Å². The summed E-state index contributed by atoms with van der Waals surface area (Å²) < 4.78 is 54.6. The van der Waals surface area contributed by atoms with Crippen LogP contribution in [-0.2, 0) is 19.6 Å². The molecule has 3 aromatic rings. The fourth-order valence-electron chi connectivity index (χ4n) is 3.02. The highest BCUT2D eigenvalue weighted by atomic mass is 32.2. The van der Waals surface area contributed by atoms with E-state index in [9.17, 15) is 17.6 Å². The summed E-state index contributed by atoms with van der Waals surface area (Å²) in [5.41, 5.74) is 0.831. The third kappa shape index (κ3) is 5.09. The largest absolute Gasteiger partial charge is 0.490 e. The molecule has 0 fully saturated rings. The molecule has 3 aromatic carbocycles. The second-order valence-corrected chi connectivity index (χ2v) is 8.38. The van der Waals surface area contributed by atoms with Crippen molar-refractivity contribution in [3.05, 3.63) is 95.4 Å². The van der Waals surface area contributed by atoms with Crippen LogP contribution in [0.5, 0.6) is 11.5 Å². The summed E-state index contributed by atoms with van der Waals surface area (Å²) in [5, 5.41) is 0. The van der Waals surface area contributed by atoms with Crippen molar-refractivity contribution in [3.8, 4) is 11.5 Å². The molecule has 1 aliphatic rings. The fourth-order valence-corrected chi connectivity index (χ4v) is 3.98. The maximum Gasteiger partial charge on any atom is 0.363 e. The summed E-state index contributed by atoms with van der Waals surface area (Å²) in [7, 11) is -4.06. The first-order chi connectivity index (χ1) is 15.9. The Morgan fingerprint density at radius 3 is 2.52 bits per heavy atom. The topological polar surface area (TPSA) is 91.3 Å². The molecule has 0 amide bonds. The third-order valence-corrected chi connectivity index (χ3v) is 5.74. The smallest absolute Gasteiger partial charge is 0.363 e.